The van der Waals surface area contributed by atoms with E-state index < -0.39 is 0 Å². The first-order valence-corrected chi connectivity index (χ1v) is 7.09. The highest BCUT2D eigenvalue weighted by molar-refractivity contribution is 9.11. The van der Waals surface area contributed by atoms with E-state index in [1.807, 2.05) is 37.4 Å². The minimum atomic E-state index is 0.237. The normalized spacial score (nSPS) is 10.4. The van der Waals surface area contributed by atoms with E-state index in [2.05, 4.69) is 48.9 Å². The molecule has 0 atom stereocenters. The lowest BCUT2D eigenvalue weighted by atomic mass is 10.2. The molecule has 2 aromatic rings. The third-order valence-electron chi connectivity index (χ3n) is 2.69. The summed E-state index contributed by atoms with van der Waals surface area (Å²) in [6, 6.07) is 14.1. The second kappa shape index (κ2) is 5.76. The summed E-state index contributed by atoms with van der Waals surface area (Å²) in [5, 5.41) is 9.67. The Morgan fingerprint density at radius 2 is 1.61 bits per heavy atom. The molecule has 2 nitrogen and oxygen atoms in total. The smallest absolute Gasteiger partial charge is 0.143 e. The summed E-state index contributed by atoms with van der Waals surface area (Å²) in [5.74, 6) is 0.237. The molecule has 0 aromatic heterocycles. The van der Waals surface area contributed by atoms with E-state index in [1.165, 1.54) is 0 Å². The second-order valence-electron chi connectivity index (χ2n) is 4.10. The van der Waals surface area contributed by atoms with Crippen LogP contribution in [0.2, 0.25) is 0 Å². The summed E-state index contributed by atoms with van der Waals surface area (Å²) >= 11 is 6.69. The monoisotopic (exact) mass is 369 g/mol. The van der Waals surface area contributed by atoms with Crippen molar-refractivity contribution >= 4 is 37.5 Å². The number of hydrogen-bond donors (Lipinski definition) is 1. The molecule has 94 valence electrons. The molecule has 0 heterocycles. The van der Waals surface area contributed by atoms with Crippen LogP contribution in [-0.2, 0) is 6.54 Å². The molecule has 2 aromatic carbocycles. The third-order valence-corrected chi connectivity index (χ3v) is 3.90. The SMILES string of the molecule is CN(Cc1cc(Br)c(O)c(Br)c1)c1ccccc1. The Morgan fingerprint density at radius 1 is 1.06 bits per heavy atom. The molecule has 1 N–H and O–H groups in total. The quantitative estimate of drug-likeness (QED) is 0.856. The van der Waals surface area contributed by atoms with Crippen LogP contribution in [0.4, 0.5) is 5.69 Å². The van der Waals surface area contributed by atoms with Crippen LogP contribution in [0.1, 0.15) is 5.56 Å². The predicted molar refractivity (Wildman–Crippen MR) is 82.1 cm³/mol. The summed E-state index contributed by atoms with van der Waals surface area (Å²) in [5.41, 5.74) is 2.29. The zero-order chi connectivity index (χ0) is 13.1. The number of para-hydroxylation sites is 1. The van der Waals surface area contributed by atoms with Crippen LogP contribution in [-0.4, -0.2) is 12.2 Å². The standard InChI is InChI=1S/C14H13Br2NO/c1-17(11-5-3-2-4-6-11)9-10-7-12(15)14(18)13(16)8-10/h2-8,18H,9H2,1H3. The molecule has 0 saturated heterocycles. The zero-order valence-electron chi connectivity index (χ0n) is 9.90. The molecule has 0 unspecified atom stereocenters. The van der Waals surface area contributed by atoms with Gasteiger partial charge in [0.2, 0.25) is 0 Å². The van der Waals surface area contributed by atoms with Crippen LogP contribution in [0.15, 0.2) is 51.4 Å². The molecule has 0 aliphatic carbocycles. The first kappa shape index (κ1) is 13.4. The van der Waals surface area contributed by atoms with E-state index in [-0.39, 0.29) is 5.75 Å². The molecule has 2 rings (SSSR count). The zero-order valence-corrected chi connectivity index (χ0v) is 13.1. The van der Waals surface area contributed by atoms with Crippen LogP contribution < -0.4 is 4.90 Å². The highest BCUT2D eigenvalue weighted by atomic mass is 79.9. The van der Waals surface area contributed by atoms with Gasteiger partial charge >= 0.3 is 0 Å². The Bertz CT molecular complexity index is 520. The van der Waals surface area contributed by atoms with Crippen LogP contribution in [0.3, 0.4) is 0 Å². The number of nitrogens with zero attached hydrogens (tertiary/aromatic N) is 1. The lowest BCUT2D eigenvalue weighted by Crippen LogP contribution is -2.16. The van der Waals surface area contributed by atoms with Crippen molar-refractivity contribution in [2.45, 2.75) is 6.54 Å². The van der Waals surface area contributed by atoms with Crippen LogP contribution >= 0.6 is 31.9 Å². The van der Waals surface area contributed by atoms with Crippen molar-refractivity contribution in [3.05, 3.63) is 57.0 Å². The van der Waals surface area contributed by atoms with E-state index in [9.17, 15) is 5.11 Å². The van der Waals surface area contributed by atoms with Crippen molar-refractivity contribution in [2.75, 3.05) is 11.9 Å². The highest BCUT2D eigenvalue weighted by Crippen LogP contribution is 2.33. The number of phenolic OH excluding ortho intramolecular Hbond substituents is 1. The molecule has 0 saturated carbocycles. The predicted octanol–water partition coefficient (Wildman–Crippen LogP) is 4.55. The fourth-order valence-electron chi connectivity index (χ4n) is 1.76. The Kier molecular flexibility index (Phi) is 4.30. The number of rotatable bonds is 3. The van der Waals surface area contributed by atoms with Crippen LogP contribution in [0.25, 0.3) is 0 Å². The summed E-state index contributed by atoms with van der Waals surface area (Å²) in [4.78, 5) is 2.16. The van der Waals surface area contributed by atoms with E-state index in [0.29, 0.717) is 8.95 Å². The van der Waals surface area contributed by atoms with Gasteiger partial charge in [-0.1, -0.05) is 18.2 Å². The molecule has 0 bridgehead atoms. The first-order valence-electron chi connectivity index (χ1n) is 5.51. The molecule has 0 fully saturated rings. The second-order valence-corrected chi connectivity index (χ2v) is 5.81. The van der Waals surface area contributed by atoms with E-state index in [1.54, 1.807) is 0 Å². The number of aromatic hydroxyl groups is 1. The molecule has 0 aliphatic rings. The summed E-state index contributed by atoms with van der Waals surface area (Å²) in [6.45, 7) is 0.779. The van der Waals surface area contributed by atoms with E-state index in [0.717, 1.165) is 17.8 Å². The fraction of sp³-hybridized carbons (Fsp3) is 0.143. The van der Waals surface area contributed by atoms with Gasteiger partial charge in [-0.3, -0.25) is 0 Å². The molecule has 18 heavy (non-hydrogen) atoms. The Balaban J connectivity index is 2.20. The van der Waals surface area contributed by atoms with Gasteiger partial charge in [0.25, 0.3) is 0 Å². The number of halogens is 2. The van der Waals surface area contributed by atoms with Crippen LogP contribution in [0, 0.1) is 0 Å². The highest BCUT2D eigenvalue weighted by Gasteiger charge is 2.08. The average Bonchev–Trinajstić information content (AvgIpc) is 2.37. The Morgan fingerprint density at radius 3 is 2.17 bits per heavy atom. The molecule has 0 spiro atoms. The number of anilines is 1. The molecule has 0 amide bonds. The van der Waals surface area contributed by atoms with Gasteiger partial charge in [0.05, 0.1) is 8.95 Å². The largest absolute Gasteiger partial charge is 0.506 e. The number of phenols is 1. The lowest BCUT2D eigenvalue weighted by Gasteiger charge is -2.19. The maximum Gasteiger partial charge on any atom is 0.143 e. The third kappa shape index (κ3) is 3.06. The van der Waals surface area contributed by atoms with Gasteiger partial charge < -0.3 is 10.0 Å². The Hall–Kier alpha value is -1.00. The van der Waals surface area contributed by atoms with Crippen molar-refractivity contribution in [2.24, 2.45) is 0 Å². The molecular weight excluding hydrogens is 358 g/mol. The first-order chi connectivity index (χ1) is 8.58. The molecule has 4 heteroatoms. The number of hydrogen-bond acceptors (Lipinski definition) is 2. The van der Waals surface area contributed by atoms with Gasteiger partial charge in [-0.2, -0.15) is 0 Å². The molecule has 0 aliphatic heterocycles. The Labute approximate surface area is 124 Å². The van der Waals surface area contributed by atoms with Gasteiger partial charge in [-0.25, -0.2) is 0 Å². The summed E-state index contributed by atoms with van der Waals surface area (Å²) in [7, 11) is 2.05. The summed E-state index contributed by atoms with van der Waals surface area (Å²) < 4.78 is 1.40. The minimum absolute atomic E-state index is 0.237. The van der Waals surface area contributed by atoms with E-state index >= 15 is 0 Å². The fourth-order valence-corrected chi connectivity index (χ4v) is 3.04. The van der Waals surface area contributed by atoms with Crippen molar-refractivity contribution in [3.8, 4) is 5.75 Å². The van der Waals surface area contributed by atoms with Crippen molar-refractivity contribution in [1.82, 2.24) is 0 Å². The van der Waals surface area contributed by atoms with Gasteiger partial charge in [0.15, 0.2) is 0 Å². The maximum absolute atomic E-state index is 9.67. The van der Waals surface area contributed by atoms with Crippen molar-refractivity contribution < 1.29 is 5.11 Å². The van der Waals surface area contributed by atoms with Crippen LogP contribution in [0.5, 0.6) is 5.75 Å². The van der Waals surface area contributed by atoms with E-state index in [4.69, 9.17) is 0 Å². The molecular formula is C14H13Br2NO. The van der Waals surface area contributed by atoms with Crippen molar-refractivity contribution in [3.63, 3.8) is 0 Å². The van der Waals surface area contributed by atoms with Gasteiger partial charge in [-0.05, 0) is 61.7 Å². The lowest BCUT2D eigenvalue weighted by molar-refractivity contribution is 0.468. The summed E-state index contributed by atoms with van der Waals surface area (Å²) in [6.07, 6.45) is 0. The van der Waals surface area contributed by atoms with Gasteiger partial charge in [0, 0.05) is 19.3 Å². The molecule has 0 radical (unpaired) electrons. The van der Waals surface area contributed by atoms with Gasteiger partial charge in [0.1, 0.15) is 5.75 Å². The van der Waals surface area contributed by atoms with Gasteiger partial charge in [-0.15, -0.1) is 0 Å². The van der Waals surface area contributed by atoms with Crippen molar-refractivity contribution in [1.29, 1.82) is 0 Å². The number of benzene rings is 2. The maximum atomic E-state index is 9.67. The topological polar surface area (TPSA) is 23.5 Å². The minimum Gasteiger partial charge on any atom is -0.506 e. The average molecular weight is 371 g/mol.